The van der Waals surface area contributed by atoms with Crippen molar-refractivity contribution in [3.05, 3.63) is 78.0 Å². The Morgan fingerprint density at radius 1 is 0.938 bits per heavy atom. The topological polar surface area (TPSA) is 77.0 Å². The molecule has 2 aromatic carbocycles. The molecule has 1 unspecified atom stereocenters. The lowest BCUT2D eigenvalue weighted by atomic mass is 10.0. The molecule has 32 heavy (non-hydrogen) atoms. The molecular weight excluding hydrogens is 404 g/mol. The summed E-state index contributed by atoms with van der Waals surface area (Å²) in [7, 11) is 4.94. The van der Waals surface area contributed by atoms with Crippen molar-refractivity contribution < 1.29 is 14.2 Å². The second kappa shape index (κ2) is 11.6. The highest BCUT2D eigenvalue weighted by atomic mass is 16.5. The third kappa shape index (κ3) is 6.14. The molecule has 0 aliphatic rings. The van der Waals surface area contributed by atoms with Crippen LogP contribution in [0.15, 0.2) is 71.9 Å². The highest BCUT2D eigenvalue weighted by molar-refractivity contribution is 5.79. The zero-order valence-electron chi connectivity index (χ0n) is 19.0. The molecule has 0 saturated carbocycles. The molecule has 0 amide bonds. The van der Waals surface area contributed by atoms with Crippen LogP contribution < -0.4 is 24.8 Å². The molecule has 1 heterocycles. The zero-order valence-corrected chi connectivity index (χ0v) is 19.0. The first-order chi connectivity index (χ1) is 15.6. The third-order valence-corrected chi connectivity index (χ3v) is 5.01. The molecule has 3 aromatic rings. The van der Waals surface area contributed by atoms with E-state index in [1.165, 1.54) is 5.56 Å². The molecule has 0 fully saturated rings. The minimum atomic E-state index is 0.375. The van der Waals surface area contributed by atoms with Gasteiger partial charge in [0.25, 0.3) is 0 Å². The van der Waals surface area contributed by atoms with E-state index in [2.05, 4.69) is 51.8 Å². The van der Waals surface area contributed by atoms with Gasteiger partial charge in [0.1, 0.15) is 0 Å². The van der Waals surface area contributed by atoms with E-state index in [1.54, 1.807) is 27.5 Å². The summed E-state index contributed by atoms with van der Waals surface area (Å²) >= 11 is 0. The van der Waals surface area contributed by atoms with Crippen molar-refractivity contribution in [1.29, 1.82) is 0 Å². The summed E-state index contributed by atoms with van der Waals surface area (Å²) in [6.45, 7) is 3.56. The largest absolute Gasteiger partial charge is 0.493 e. The predicted molar refractivity (Wildman–Crippen MR) is 127 cm³/mol. The van der Waals surface area contributed by atoms with Gasteiger partial charge in [0.15, 0.2) is 17.5 Å². The number of methoxy groups -OCH3 is 2. The zero-order chi connectivity index (χ0) is 22.8. The summed E-state index contributed by atoms with van der Waals surface area (Å²) in [6.07, 6.45) is 1.77. The summed E-state index contributed by atoms with van der Waals surface area (Å²) in [4.78, 5) is 8.71. The molecule has 0 aliphatic heterocycles. The van der Waals surface area contributed by atoms with Crippen LogP contribution in [-0.2, 0) is 6.54 Å². The lowest BCUT2D eigenvalue weighted by molar-refractivity contribution is 0.342. The second-order valence-corrected chi connectivity index (χ2v) is 7.22. The third-order valence-electron chi connectivity index (χ3n) is 5.01. The fraction of sp³-hybridized carbons (Fsp3) is 0.280. The van der Waals surface area contributed by atoms with E-state index in [1.807, 2.05) is 36.4 Å². The summed E-state index contributed by atoms with van der Waals surface area (Å²) in [6, 6.07) is 19.7. The number of nitrogens with one attached hydrogen (secondary N) is 2. The number of aliphatic imine (C=N–C) groups is 1. The normalized spacial score (nSPS) is 12.1. The lowest BCUT2D eigenvalue weighted by Crippen LogP contribution is -2.38. The van der Waals surface area contributed by atoms with Gasteiger partial charge >= 0.3 is 0 Å². The van der Waals surface area contributed by atoms with Crippen molar-refractivity contribution in [2.75, 3.05) is 27.8 Å². The van der Waals surface area contributed by atoms with E-state index in [-0.39, 0.29) is 0 Å². The van der Waals surface area contributed by atoms with Crippen molar-refractivity contribution in [1.82, 2.24) is 15.6 Å². The van der Waals surface area contributed by atoms with Crippen molar-refractivity contribution in [2.24, 2.45) is 4.99 Å². The number of rotatable bonds is 9. The number of hydrogen-bond donors (Lipinski definition) is 2. The Balaban J connectivity index is 1.54. The number of ether oxygens (including phenoxy) is 3. The fourth-order valence-electron chi connectivity index (χ4n) is 3.15. The van der Waals surface area contributed by atoms with Crippen molar-refractivity contribution in [3.63, 3.8) is 0 Å². The Morgan fingerprint density at radius 2 is 1.66 bits per heavy atom. The van der Waals surface area contributed by atoms with Gasteiger partial charge in [0.2, 0.25) is 11.6 Å². The van der Waals surface area contributed by atoms with Gasteiger partial charge in [-0.3, -0.25) is 4.99 Å². The Hall–Kier alpha value is -3.74. The van der Waals surface area contributed by atoms with E-state index in [4.69, 9.17) is 14.2 Å². The van der Waals surface area contributed by atoms with Crippen LogP contribution in [0.25, 0.3) is 0 Å². The molecule has 7 heteroatoms. The molecule has 1 atom stereocenters. The number of guanidine groups is 1. The number of hydrogen-bond acceptors (Lipinski definition) is 5. The van der Waals surface area contributed by atoms with Crippen LogP contribution >= 0.6 is 0 Å². The maximum Gasteiger partial charge on any atom is 0.219 e. The van der Waals surface area contributed by atoms with Crippen molar-refractivity contribution >= 4 is 5.96 Å². The van der Waals surface area contributed by atoms with Crippen LogP contribution in [-0.4, -0.2) is 38.8 Å². The summed E-state index contributed by atoms with van der Waals surface area (Å²) in [5, 5.41) is 6.69. The molecule has 168 valence electrons. The minimum Gasteiger partial charge on any atom is -0.493 e. The van der Waals surface area contributed by atoms with E-state index < -0.39 is 0 Å². The SMILES string of the molecule is CN=C(NCc1ccc(Oc2c(OC)cccc2OC)nc1)NCC(C)c1ccccc1. The molecule has 3 rings (SSSR count). The maximum absolute atomic E-state index is 5.91. The maximum atomic E-state index is 5.91. The summed E-state index contributed by atoms with van der Waals surface area (Å²) < 4.78 is 16.6. The summed E-state index contributed by atoms with van der Waals surface area (Å²) in [5.41, 5.74) is 2.30. The van der Waals surface area contributed by atoms with Crippen LogP contribution in [0.2, 0.25) is 0 Å². The number of pyridine rings is 1. The number of nitrogens with zero attached hydrogens (tertiary/aromatic N) is 2. The van der Waals surface area contributed by atoms with Gasteiger partial charge in [-0.25, -0.2) is 4.98 Å². The van der Waals surface area contributed by atoms with Crippen LogP contribution in [0.1, 0.15) is 24.0 Å². The molecule has 0 saturated heterocycles. The Bertz CT molecular complexity index is 985. The Kier molecular flexibility index (Phi) is 8.31. The van der Waals surface area contributed by atoms with Gasteiger partial charge in [-0.15, -0.1) is 0 Å². The van der Waals surface area contributed by atoms with Gasteiger partial charge in [0.05, 0.1) is 14.2 Å². The molecule has 1 aromatic heterocycles. The van der Waals surface area contributed by atoms with E-state index in [0.29, 0.717) is 35.6 Å². The molecule has 2 N–H and O–H groups in total. The van der Waals surface area contributed by atoms with E-state index in [0.717, 1.165) is 18.1 Å². The summed E-state index contributed by atoms with van der Waals surface area (Å²) in [5.74, 6) is 3.23. The highest BCUT2D eigenvalue weighted by Crippen LogP contribution is 2.39. The van der Waals surface area contributed by atoms with Gasteiger partial charge in [-0.1, -0.05) is 49.4 Å². The number of para-hydroxylation sites is 1. The average molecular weight is 435 g/mol. The quantitative estimate of drug-likeness (QED) is 0.385. The van der Waals surface area contributed by atoms with Crippen molar-refractivity contribution in [2.45, 2.75) is 19.4 Å². The Morgan fingerprint density at radius 3 is 2.25 bits per heavy atom. The molecule has 0 bridgehead atoms. The number of aromatic nitrogens is 1. The minimum absolute atomic E-state index is 0.375. The van der Waals surface area contributed by atoms with Gasteiger partial charge < -0.3 is 24.8 Å². The van der Waals surface area contributed by atoms with Crippen LogP contribution in [0.5, 0.6) is 23.1 Å². The van der Waals surface area contributed by atoms with E-state index in [9.17, 15) is 0 Å². The van der Waals surface area contributed by atoms with Crippen LogP contribution in [0.4, 0.5) is 0 Å². The highest BCUT2D eigenvalue weighted by Gasteiger charge is 2.13. The molecular formula is C25H30N4O3. The average Bonchev–Trinajstić information content (AvgIpc) is 2.85. The Labute approximate surface area is 189 Å². The van der Waals surface area contributed by atoms with Gasteiger partial charge in [0, 0.05) is 32.4 Å². The molecule has 0 radical (unpaired) electrons. The van der Waals surface area contributed by atoms with Gasteiger partial charge in [-0.05, 0) is 29.2 Å². The smallest absolute Gasteiger partial charge is 0.219 e. The standard InChI is InChI=1S/C25H30N4O3/c1-18(20-9-6-5-7-10-20)15-28-25(26-2)29-17-19-13-14-23(27-16-19)32-24-21(30-3)11-8-12-22(24)31-4/h5-14,16,18H,15,17H2,1-4H3,(H2,26,28,29). The molecule has 0 spiro atoms. The van der Waals surface area contributed by atoms with E-state index >= 15 is 0 Å². The van der Waals surface area contributed by atoms with Crippen LogP contribution in [0, 0.1) is 0 Å². The first-order valence-electron chi connectivity index (χ1n) is 10.5. The van der Waals surface area contributed by atoms with Crippen LogP contribution in [0.3, 0.4) is 0 Å². The first-order valence-corrected chi connectivity index (χ1v) is 10.5. The first kappa shape index (κ1) is 22.9. The molecule has 7 nitrogen and oxygen atoms in total. The monoisotopic (exact) mass is 434 g/mol. The molecule has 0 aliphatic carbocycles. The van der Waals surface area contributed by atoms with Crippen molar-refractivity contribution in [3.8, 4) is 23.1 Å². The second-order valence-electron chi connectivity index (χ2n) is 7.22. The fourth-order valence-corrected chi connectivity index (χ4v) is 3.15. The lowest BCUT2D eigenvalue weighted by Gasteiger charge is -2.16. The predicted octanol–water partition coefficient (Wildman–Crippen LogP) is 4.36. The van der Waals surface area contributed by atoms with Gasteiger partial charge in [-0.2, -0.15) is 0 Å². The number of benzene rings is 2.